The van der Waals surface area contributed by atoms with E-state index in [0.29, 0.717) is 5.69 Å². The number of rotatable bonds is 3. The van der Waals surface area contributed by atoms with Gasteiger partial charge in [0.1, 0.15) is 5.82 Å². The Hall–Kier alpha value is -1.79. The van der Waals surface area contributed by atoms with Crippen LogP contribution in [0.1, 0.15) is 5.69 Å². The molecule has 5 nitrogen and oxygen atoms in total. The molecule has 1 aromatic carbocycles. The number of hydrogen-bond donors (Lipinski definition) is 1. The zero-order valence-corrected chi connectivity index (χ0v) is 10.6. The van der Waals surface area contributed by atoms with Crippen molar-refractivity contribution in [2.45, 2.75) is 6.54 Å². The monoisotopic (exact) mass is 261 g/mol. The minimum atomic E-state index is -0.267. The van der Waals surface area contributed by atoms with Crippen LogP contribution < -0.4 is 5.32 Å². The van der Waals surface area contributed by atoms with Gasteiger partial charge in [-0.3, -0.25) is 4.90 Å². The van der Waals surface area contributed by atoms with Crippen LogP contribution in [0.25, 0.3) is 5.69 Å². The maximum atomic E-state index is 13.2. The predicted molar refractivity (Wildman–Crippen MR) is 69.5 cm³/mol. The molecule has 2 aromatic rings. The highest BCUT2D eigenvalue weighted by Crippen LogP contribution is 2.10. The normalized spacial score (nSPS) is 16.7. The molecule has 3 rings (SSSR count). The fourth-order valence-electron chi connectivity index (χ4n) is 2.21. The molecule has 0 saturated carbocycles. The van der Waals surface area contributed by atoms with Crippen LogP contribution in [0.5, 0.6) is 0 Å². The Labute approximate surface area is 111 Å². The van der Waals surface area contributed by atoms with E-state index in [-0.39, 0.29) is 5.82 Å². The molecule has 1 fully saturated rings. The van der Waals surface area contributed by atoms with Crippen molar-refractivity contribution in [3.05, 3.63) is 42.0 Å². The van der Waals surface area contributed by atoms with Crippen LogP contribution >= 0.6 is 0 Å². The first-order chi connectivity index (χ1) is 9.31. The highest BCUT2D eigenvalue weighted by atomic mass is 19.1. The van der Waals surface area contributed by atoms with E-state index in [1.807, 2.05) is 12.3 Å². The molecule has 19 heavy (non-hydrogen) atoms. The van der Waals surface area contributed by atoms with Gasteiger partial charge in [-0.1, -0.05) is 11.3 Å². The zero-order valence-electron chi connectivity index (χ0n) is 10.6. The van der Waals surface area contributed by atoms with Crippen LogP contribution in [0.15, 0.2) is 30.5 Å². The molecule has 0 atom stereocenters. The quantitative estimate of drug-likeness (QED) is 0.888. The first-order valence-electron chi connectivity index (χ1n) is 6.41. The van der Waals surface area contributed by atoms with E-state index in [4.69, 9.17) is 0 Å². The van der Waals surface area contributed by atoms with Gasteiger partial charge in [-0.15, -0.1) is 5.10 Å². The van der Waals surface area contributed by atoms with Crippen LogP contribution in [0.2, 0.25) is 0 Å². The van der Waals surface area contributed by atoms with Crippen LogP contribution in [0.4, 0.5) is 4.39 Å². The van der Waals surface area contributed by atoms with Crippen LogP contribution in [-0.4, -0.2) is 46.1 Å². The van der Waals surface area contributed by atoms with Crippen molar-refractivity contribution < 1.29 is 4.39 Å². The summed E-state index contributed by atoms with van der Waals surface area (Å²) in [5.74, 6) is -0.267. The fraction of sp³-hybridized carbons (Fsp3) is 0.385. The first kappa shape index (κ1) is 12.3. The molecular formula is C13H16FN5. The summed E-state index contributed by atoms with van der Waals surface area (Å²) in [5.41, 5.74) is 1.60. The molecule has 2 heterocycles. The summed E-state index contributed by atoms with van der Waals surface area (Å²) in [4.78, 5) is 2.33. The Morgan fingerprint density at radius 2 is 2.11 bits per heavy atom. The second kappa shape index (κ2) is 5.46. The maximum Gasteiger partial charge on any atom is 0.125 e. The average molecular weight is 261 g/mol. The summed E-state index contributed by atoms with van der Waals surface area (Å²) in [6.45, 7) is 4.85. The third-order valence-electron chi connectivity index (χ3n) is 3.21. The van der Waals surface area contributed by atoms with Crippen molar-refractivity contribution in [3.63, 3.8) is 0 Å². The molecule has 1 aromatic heterocycles. The molecule has 0 unspecified atom stereocenters. The van der Waals surface area contributed by atoms with Gasteiger partial charge in [0.05, 0.1) is 17.6 Å². The molecule has 0 bridgehead atoms. The second-order valence-corrected chi connectivity index (χ2v) is 4.66. The molecule has 1 aliphatic heterocycles. The Morgan fingerprint density at radius 1 is 1.26 bits per heavy atom. The molecule has 100 valence electrons. The summed E-state index contributed by atoms with van der Waals surface area (Å²) in [6, 6.07) is 6.35. The highest BCUT2D eigenvalue weighted by molar-refractivity contribution is 5.30. The van der Waals surface area contributed by atoms with Crippen molar-refractivity contribution in [2.75, 3.05) is 26.2 Å². The SMILES string of the molecule is Fc1cccc(-n2cc(CN3CCNCC3)nn2)c1. The minimum absolute atomic E-state index is 0.267. The lowest BCUT2D eigenvalue weighted by molar-refractivity contribution is 0.230. The van der Waals surface area contributed by atoms with Gasteiger partial charge in [-0.05, 0) is 18.2 Å². The predicted octanol–water partition coefficient (Wildman–Crippen LogP) is 0.812. The van der Waals surface area contributed by atoms with Crippen molar-refractivity contribution >= 4 is 0 Å². The summed E-state index contributed by atoms with van der Waals surface area (Å²) in [6.07, 6.45) is 1.86. The summed E-state index contributed by atoms with van der Waals surface area (Å²) in [7, 11) is 0. The van der Waals surface area contributed by atoms with Crippen LogP contribution in [-0.2, 0) is 6.54 Å². The third-order valence-corrected chi connectivity index (χ3v) is 3.21. The molecular weight excluding hydrogens is 245 g/mol. The largest absolute Gasteiger partial charge is 0.314 e. The molecule has 0 amide bonds. The maximum absolute atomic E-state index is 13.2. The number of nitrogens with zero attached hydrogens (tertiary/aromatic N) is 4. The number of nitrogens with one attached hydrogen (secondary N) is 1. The molecule has 1 N–H and O–H groups in total. The lowest BCUT2D eigenvalue weighted by Crippen LogP contribution is -2.42. The Morgan fingerprint density at radius 3 is 2.89 bits per heavy atom. The molecule has 6 heteroatoms. The number of piperazine rings is 1. The second-order valence-electron chi connectivity index (χ2n) is 4.66. The minimum Gasteiger partial charge on any atom is -0.314 e. The average Bonchev–Trinajstić information content (AvgIpc) is 2.88. The Kier molecular flexibility index (Phi) is 3.52. The van der Waals surface area contributed by atoms with Gasteiger partial charge in [0.15, 0.2) is 0 Å². The number of hydrogen-bond acceptors (Lipinski definition) is 4. The molecule has 0 aliphatic carbocycles. The zero-order chi connectivity index (χ0) is 13.1. The van der Waals surface area contributed by atoms with Gasteiger partial charge < -0.3 is 5.32 Å². The van der Waals surface area contributed by atoms with Gasteiger partial charge in [-0.2, -0.15) is 0 Å². The van der Waals surface area contributed by atoms with Gasteiger partial charge in [-0.25, -0.2) is 9.07 Å². The van der Waals surface area contributed by atoms with Crippen molar-refractivity contribution in [2.24, 2.45) is 0 Å². The van der Waals surface area contributed by atoms with Crippen LogP contribution in [0, 0.1) is 5.82 Å². The summed E-state index contributed by atoms with van der Waals surface area (Å²) >= 11 is 0. The smallest absolute Gasteiger partial charge is 0.125 e. The highest BCUT2D eigenvalue weighted by Gasteiger charge is 2.12. The van der Waals surface area contributed by atoms with Crippen molar-refractivity contribution in [1.82, 2.24) is 25.2 Å². The summed E-state index contributed by atoms with van der Waals surface area (Å²) < 4.78 is 14.8. The van der Waals surface area contributed by atoms with Crippen molar-refractivity contribution in [3.8, 4) is 5.69 Å². The van der Waals surface area contributed by atoms with E-state index >= 15 is 0 Å². The van der Waals surface area contributed by atoms with Crippen molar-refractivity contribution in [1.29, 1.82) is 0 Å². The van der Waals surface area contributed by atoms with E-state index in [2.05, 4.69) is 20.5 Å². The molecule has 0 radical (unpaired) electrons. The van der Waals surface area contributed by atoms with E-state index in [0.717, 1.165) is 38.4 Å². The molecule has 0 spiro atoms. The van der Waals surface area contributed by atoms with E-state index in [1.165, 1.54) is 12.1 Å². The Bertz CT molecular complexity index is 547. The van der Waals surface area contributed by atoms with E-state index < -0.39 is 0 Å². The number of halogens is 1. The van der Waals surface area contributed by atoms with E-state index in [1.54, 1.807) is 10.7 Å². The third kappa shape index (κ3) is 2.97. The van der Waals surface area contributed by atoms with E-state index in [9.17, 15) is 4.39 Å². The lowest BCUT2D eigenvalue weighted by Gasteiger charge is -2.25. The Balaban J connectivity index is 1.72. The number of benzene rings is 1. The van der Waals surface area contributed by atoms with Gasteiger partial charge in [0, 0.05) is 32.7 Å². The van der Waals surface area contributed by atoms with Gasteiger partial charge >= 0.3 is 0 Å². The number of aromatic nitrogens is 3. The summed E-state index contributed by atoms with van der Waals surface area (Å²) in [5, 5.41) is 11.5. The van der Waals surface area contributed by atoms with Gasteiger partial charge in [0.25, 0.3) is 0 Å². The van der Waals surface area contributed by atoms with Crippen LogP contribution in [0.3, 0.4) is 0 Å². The lowest BCUT2D eigenvalue weighted by atomic mass is 10.3. The first-order valence-corrected chi connectivity index (χ1v) is 6.41. The molecule has 1 aliphatic rings. The fourth-order valence-corrected chi connectivity index (χ4v) is 2.21. The molecule has 1 saturated heterocycles. The standard InChI is InChI=1S/C13H16FN5/c14-11-2-1-3-13(8-11)19-10-12(16-17-19)9-18-6-4-15-5-7-18/h1-3,8,10,15H,4-7,9H2. The topological polar surface area (TPSA) is 46.0 Å². The van der Waals surface area contributed by atoms with Gasteiger partial charge in [0.2, 0.25) is 0 Å².